The molecule has 3 heteroatoms. The molecule has 1 saturated carbocycles. The van der Waals surface area contributed by atoms with Crippen molar-refractivity contribution in [1.29, 1.82) is 0 Å². The van der Waals surface area contributed by atoms with Gasteiger partial charge >= 0.3 is 0 Å². The zero-order chi connectivity index (χ0) is 13.0. The summed E-state index contributed by atoms with van der Waals surface area (Å²) >= 11 is 0. The van der Waals surface area contributed by atoms with Crippen LogP contribution in [0.4, 0.5) is 5.69 Å². The quantitative estimate of drug-likeness (QED) is 0.729. The molecule has 0 saturated heterocycles. The van der Waals surface area contributed by atoms with Crippen molar-refractivity contribution in [2.24, 2.45) is 0 Å². The van der Waals surface area contributed by atoms with Crippen LogP contribution in [0.3, 0.4) is 0 Å². The Morgan fingerprint density at radius 3 is 2.83 bits per heavy atom. The van der Waals surface area contributed by atoms with Gasteiger partial charge in [0.15, 0.2) is 0 Å². The van der Waals surface area contributed by atoms with Gasteiger partial charge < -0.3 is 10.8 Å². The van der Waals surface area contributed by atoms with Gasteiger partial charge in [0, 0.05) is 18.3 Å². The van der Waals surface area contributed by atoms with Crippen LogP contribution in [0.15, 0.2) is 24.3 Å². The molecule has 0 heterocycles. The number of hydrogen-bond donors (Lipinski definition) is 2. The number of anilines is 1. The molecule has 0 spiro atoms. The highest BCUT2D eigenvalue weighted by molar-refractivity contribution is 5.41. The number of nitrogen functional groups attached to an aromatic ring is 1. The SMILES string of the molecule is CCCCN(CC(O)c1cccc(N)c1)C1CC1. The van der Waals surface area contributed by atoms with Crippen molar-refractivity contribution >= 4 is 5.69 Å². The lowest BCUT2D eigenvalue weighted by atomic mass is 10.1. The van der Waals surface area contributed by atoms with Crippen LogP contribution in [0.25, 0.3) is 0 Å². The summed E-state index contributed by atoms with van der Waals surface area (Å²) in [6, 6.07) is 8.28. The van der Waals surface area contributed by atoms with E-state index >= 15 is 0 Å². The monoisotopic (exact) mass is 248 g/mol. The Morgan fingerprint density at radius 2 is 2.22 bits per heavy atom. The van der Waals surface area contributed by atoms with Crippen molar-refractivity contribution in [3.05, 3.63) is 29.8 Å². The summed E-state index contributed by atoms with van der Waals surface area (Å²) in [4.78, 5) is 2.43. The molecule has 0 amide bonds. The molecule has 0 aliphatic heterocycles. The van der Waals surface area contributed by atoms with Gasteiger partial charge in [0.25, 0.3) is 0 Å². The van der Waals surface area contributed by atoms with Gasteiger partial charge in [-0.1, -0.05) is 25.5 Å². The summed E-state index contributed by atoms with van der Waals surface area (Å²) in [6.45, 7) is 4.04. The molecular formula is C15H24N2O. The molecular weight excluding hydrogens is 224 g/mol. The number of rotatable bonds is 7. The molecule has 1 aliphatic carbocycles. The fourth-order valence-corrected chi connectivity index (χ4v) is 2.32. The molecule has 3 nitrogen and oxygen atoms in total. The lowest BCUT2D eigenvalue weighted by molar-refractivity contribution is 0.108. The van der Waals surface area contributed by atoms with E-state index in [4.69, 9.17) is 5.73 Å². The minimum Gasteiger partial charge on any atom is -0.399 e. The second-order valence-electron chi connectivity index (χ2n) is 5.27. The largest absolute Gasteiger partial charge is 0.399 e. The van der Waals surface area contributed by atoms with E-state index in [0.717, 1.165) is 24.3 Å². The van der Waals surface area contributed by atoms with Crippen molar-refractivity contribution in [2.75, 3.05) is 18.8 Å². The summed E-state index contributed by atoms with van der Waals surface area (Å²) in [7, 11) is 0. The molecule has 1 unspecified atom stereocenters. The fourth-order valence-electron chi connectivity index (χ4n) is 2.32. The van der Waals surface area contributed by atoms with Gasteiger partial charge in [0.1, 0.15) is 0 Å². The maximum absolute atomic E-state index is 10.3. The Balaban J connectivity index is 1.93. The minimum absolute atomic E-state index is 0.425. The second-order valence-corrected chi connectivity index (χ2v) is 5.27. The predicted octanol–water partition coefficient (Wildman–Crippen LogP) is 2.57. The van der Waals surface area contributed by atoms with Crippen LogP contribution in [0.2, 0.25) is 0 Å². The Kier molecular flexibility index (Phi) is 4.61. The molecule has 1 aromatic rings. The van der Waals surface area contributed by atoms with Gasteiger partial charge in [-0.3, -0.25) is 4.90 Å². The van der Waals surface area contributed by atoms with Crippen molar-refractivity contribution in [1.82, 2.24) is 4.90 Å². The fraction of sp³-hybridized carbons (Fsp3) is 0.600. The Hall–Kier alpha value is -1.06. The highest BCUT2D eigenvalue weighted by atomic mass is 16.3. The zero-order valence-corrected chi connectivity index (χ0v) is 11.2. The van der Waals surface area contributed by atoms with Crippen LogP contribution in [0.5, 0.6) is 0 Å². The number of aliphatic hydroxyl groups excluding tert-OH is 1. The summed E-state index contributed by atoms with van der Waals surface area (Å²) in [6.07, 6.45) is 4.56. The average Bonchev–Trinajstić information content (AvgIpc) is 3.18. The normalized spacial score (nSPS) is 17.1. The molecule has 1 aromatic carbocycles. The van der Waals surface area contributed by atoms with Gasteiger partial charge in [-0.15, -0.1) is 0 Å². The summed E-state index contributed by atoms with van der Waals surface area (Å²) in [5.74, 6) is 0. The van der Waals surface area contributed by atoms with Crippen LogP contribution in [0, 0.1) is 0 Å². The van der Waals surface area contributed by atoms with Crippen molar-refractivity contribution < 1.29 is 5.11 Å². The van der Waals surface area contributed by atoms with Gasteiger partial charge in [-0.05, 0) is 43.5 Å². The van der Waals surface area contributed by atoms with Crippen LogP contribution >= 0.6 is 0 Å². The molecule has 0 bridgehead atoms. The van der Waals surface area contributed by atoms with E-state index in [9.17, 15) is 5.11 Å². The molecule has 100 valence electrons. The van der Waals surface area contributed by atoms with Crippen molar-refractivity contribution in [2.45, 2.75) is 44.8 Å². The molecule has 3 N–H and O–H groups in total. The predicted molar refractivity (Wildman–Crippen MR) is 75.3 cm³/mol. The first-order chi connectivity index (χ1) is 8.70. The standard InChI is InChI=1S/C15H24N2O/c1-2-3-9-17(14-7-8-14)11-15(18)12-5-4-6-13(16)10-12/h4-6,10,14-15,18H,2-3,7-9,11,16H2,1H3. The number of nitrogens with zero attached hydrogens (tertiary/aromatic N) is 1. The van der Waals surface area contributed by atoms with Gasteiger partial charge in [-0.25, -0.2) is 0 Å². The maximum atomic E-state index is 10.3. The average molecular weight is 248 g/mol. The summed E-state index contributed by atoms with van der Waals surface area (Å²) < 4.78 is 0. The number of hydrogen-bond acceptors (Lipinski definition) is 3. The Labute approximate surface area is 110 Å². The molecule has 2 rings (SSSR count). The highest BCUT2D eigenvalue weighted by Crippen LogP contribution is 2.29. The summed E-state index contributed by atoms with van der Waals surface area (Å²) in [5.41, 5.74) is 7.40. The lowest BCUT2D eigenvalue weighted by Crippen LogP contribution is -2.31. The topological polar surface area (TPSA) is 49.5 Å². The van der Waals surface area contributed by atoms with Crippen molar-refractivity contribution in [3.63, 3.8) is 0 Å². The smallest absolute Gasteiger partial charge is 0.0917 e. The number of nitrogens with two attached hydrogens (primary N) is 1. The first-order valence-electron chi connectivity index (χ1n) is 6.98. The zero-order valence-electron chi connectivity index (χ0n) is 11.2. The molecule has 1 fully saturated rings. The number of unbranched alkanes of at least 4 members (excludes halogenated alkanes) is 1. The third-order valence-corrected chi connectivity index (χ3v) is 3.57. The van der Waals surface area contributed by atoms with E-state index in [-0.39, 0.29) is 0 Å². The van der Waals surface area contributed by atoms with Crippen LogP contribution in [-0.4, -0.2) is 29.1 Å². The van der Waals surface area contributed by atoms with E-state index in [1.54, 1.807) is 0 Å². The third-order valence-electron chi connectivity index (χ3n) is 3.57. The lowest BCUT2D eigenvalue weighted by Gasteiger charge is -2.25. The number of aliphatic hydroxyl groups is 1. The minimum atomic E-state index is -0.425. The third kappa shape index (κ3) is 3.72. The van der Waals surface area contributed by atoms with Gasteiger partial charge in [-0.2, -0.15) is 0 Å². The molecule has 1 atom stereocenters. The molecule has 0 radical (unpaired) electrons. The van der Waals surface area contributed by atoms with Crippen LogP contribution in [-0.2, 0) is 0 Å². The summed E-state index contributed by atoms with van der Waals surface area (Å²) in [5, 5.41) is 10.3. The van der Waals surface area contributed by atoms with E-state index in [2.05, 4.69) is 11.8 Å². The first-order valence-corrected chi connectivity index (χ1v) is 6.98. The van der Waals surface area contributed by atoms with E-state index in [1.165, 1.54) is 25.7 Å². The van der Waals surface area contributed by atoms with Gasteiger partial charge in [0.05, 0.1) is 6.10 Å². The van der Waals surface area contributed by atoms with Gasteiger partial charge in [0.2, 0.25) is 0 Å². The van der Waals surface area contributed by atoms with Crippen LogP contribution < -0.4 is 5.73 Å². The first kappa shape index (κ1) is 13.4. The van der Waals surface area contributed by atoms with E-state index in [0.29, 0.717) is 6.04 Å². The molecule has 1 aliphatic rings. The van der Waals surface area contributed by atoms with E-state index in [1.807, 2.05) is 24.3 Å². The Bertz CT molecular complexity index is 377. The second kappa shape index (κ2) is 6.21. The Morgan fingerprint density at radius 1 is 1.44 bits per heavy atom. The van der Waals surface area contributed by atoms with Crippen molar-refractivity contribution in [3.8, 4) is 0 Å². The van der Waals surface area contributed by atoms with E-state index < -0.39 is 6.10 Å². The number of benzene rings is 1. The van der Waals surface area contributed by atoms with Crippen LogP contribution in [0.1, 0.15) is 44.3 Å². The maximum Gasteiger partial charge on any atom is 0.0917 e. The molecule has 0 aromatic heterocycles. The molecule has 18 heavy (non-hydrogen) atoms. The highest BCUT2D eigenvalue weighted by Gasteiger charge is 2.29.